The molecule has 0 aromatic rings. The van der Waals surface area contributed by atoms with Gasteiger partial charge in [0.2, 0.25) is 0 Å². The second-order valence-electron chi connectivity index (χ2n) is 5.59. The summed E-state index contributed by atoms with van der Waals surface area (Å²) in [5.41, 5.74) is -0.502. The van der Waals surface area contributed by atoms with Gasteiger partial charge in [0.25, 0.3) is 0 Å². The predicted octanol–water partition coefficient (Wildman–Crippen LogP) is 3.44. The van der Waals surface area contributed by atoms with Crippen LogP contribution in [0.15, 0.2) is 0 Å². The van der Waals surface area contributed by atoms with E-state index in [0.29, 0.717) is 6.42 Å². The van der Waals surface area contributed by atoms with Crippen molar-refractivity contribution in [3.8, 4) is 0 Å². The van der Waals surface area contributed by atoms with Crippen LogP contribution in [0.3, 0.4) is 0 Å². The highest BCUT2D eigenvalue weighted by molar-refractivity contribution is 5.68. The Morgan fingerprint density at radius 2 is 1.94 bits per heavy atom. The number of hydrogen-bond acceptors (Lipinski definition) is 3. The van der Waals surface area contributed by atoms with Gasteiger partial charge in [-0.05, 0) is 27.2 Å². The maximum Gasteiger partial charge on any atom is 0.407 e. The molecule has 0 spiro atoms. The van der Waals surface area contributed by atoms with E-state index in [4.69, 9.17) is 4.74 Å². The van der Waals surface area contributed by atoms with Crippen LogP contribution in [0.5, 0.6) is 0 Å². The fraction of sp³-hybridized carbons (Fsp3) is 0.857. The Labute approximate surface area is 110 Å². The highest BCUT2D eigenvalue weighted by Gasteiger charge is 2.19. The number of aldehydes is 1. The molecule has 0 aromatic heterocycles. The van der Waals surface area contributed by atoms with Gasteiger partial charge in [-0.3, -0.25) is 0 Å². The molecule has 4 heteroatoms. The Morgan fingerprint density at radius 1 is 1.28 bits per heavy atom. The standard InChI is InChI=1S/C14H27NO3/c1-5-6-7-8-9-12(10-11-16)15-13(17)18-14(2,3)4/h11-12H,5-10H2,1-4H3,(H,15,17)/t12-/m1/s1. The van der Waals surface area contributed by atoms with Crippen LogP contribution in [0, 0.1) is 0 Å². The quantitative estimate of drug-likeness (QED) is 0.535. The summed E-state index contributed by atoms with van der Waals surface area (Å²) in [6.07, 6.45) is 6.14. The van der Waals surface area contributed by atoms with Crippen LogP contribution in [-0.4, -0.2) is 24.0 Å². The number of carbonyl (C=O) groups is 2. The monoisotopic (exact) mass is 257 g/mol. The molecule has 0 saturated heterocycles. The molecule has 0 saturated carbocycles. The summed E-state index contributed by atoms with van der Waals surface area (Å²) in [5, 5.41) is 2.76. The number of amides is 1. The lowest BCUT2D eigenvalue weighted by atomic mass is 10.1. The predicted molar refractivity (Wildman–Crippen MR) is 72.6 cm³/mol. The normalized spacial score (nSPS) is 12.9. The Hall–Kier alpha value is -1.06. The maximum absolute atomic E-state index is 11.6. The lowest BCUT2D eigenvalue weighted by molar-refractivity contribution is -0.108. The van der Waals surface area contributed by atoms with Crippen molar-refractivity contribution in [3.63, 3.8) is 0 Å². The Morgan fingerprint density at radius 3 is 2.44 bits per heavy atom. The van der Waals surface area contributed by atoms with Crippen molar-refractivity contribution in [1.82, 2.24) is 5.32 Å². The molecule has 0 aromatic carbocycles. The van der Waals surface area contributed by atoms with Gasteiger partial charge in [-0.2, -0.15) is 0 Å². The Bertz CT molecular complexity index is 246. The van der Waals surface area contributed by atoms with Crippen molar-refractivity contribution in [3.05, 3.63) is 0 Å². The third-order valence-corrected chi connectivity index (χ3v) is 2.51. The first-order valence-corrected chi connectivity index (χ1v) is 6.82. The average Bonchev–Trinajstić information content (AvgIpc) is 2.21. The van der Waals surface area contributed by atoms with Crippen molar-refractivity contribution >= 4 is 12.4 Å². The first-order chi connectivity index (χ1) is 8.39. The lowest BCUT2D eigenvalue weighted by Crippen LogP contribution is -2.39. The van der Waals surface area contributed by atoms with Gasteiger partial charge in [-0.15, -0.1) is 0 Å². The lowest BCUT2D eigenvalue weighted by Gasteiger charge is -2.22. The van der Waals surface area contributed by atoms with Crippen LogP contribution in [0.4, 0.5) is 4.79 Å². The second kappa shape index (κ2) is 8.95. The van der Waals surface area contributed by atoms with Crippen LogP contribution in [0.2, 0.25) is 0 Å². The van der Waals surface area contributed by atoms with Gasteiger partial charge in [-0.1, -0.05) is 32.6 Å². The van der Waals surface area contributed by atoms with Crippen molar-refractivity contribution < 1.29 is 14.3 Å². The number of alkyl carbamates (subject to hydrolysis) is 1. The zero-order chi connectivity index (χ0) is 14.0. The summed E-state index contributed by atoms with van der Waals surface area (Å²) >= 11 is 0. The summed E-state index contributed by atoms with van der Waals surface area (Å²) in [7, 11) is 0. The molecule has 18 heavy (non-hydrogen) atoms. The Balaban J connectivity index is 4.01. The number of rotatable bonds is 8. The molecule has 1 amide bonds. The van der Waals surface area contributed by atoms with Gasteiger partial charge in [0.15, 0.2) is 0 Å². The minimum Gasteiger partial charge on any atom is -0.444 e. The van der Waals surface area contributed by atoms with E-state index in [9.17, 15) is 9.59 Å². The van der Waals surface area contributed by atoms with Crippen LogP contribution < -0.4 is 5.32 Å². The van der Waals surface area contributed by atoms with E-state index in [2.05, 4.69) is 12.2 Å². The van der Waals surface area contributed by atoms with E-state index in [1.54, 1.807) is 0 Å². The minimum atomic E-state index is -0.502. The first kappa shape index (κ1) is 16.9. The summed E-state index contributed by atoms with van der Waals surface area (Å²) < 4.78 is 5.18. The molecule has 0 heterocycles. The number of carbonyl (C=O) groups excluding carboxylic acids is 2. The van der Waals surface area contributed by atoms with Gasteiger partial charge >= 0.3 is 6.09 Å². The number of unbranched alkanes of at least 4 members (excludes halogenated alkanes) is 3. The average molecular weight is 257 g/mol. The Kier molecular flexibility index (Phi) is 8.42. The fourth-order valence-electron chi connectivity index (χ4n) is 1.66. The van der Waals surface area contributed by atoms with Crippen molar-refractivity contribution in [2.24, 2.45) is 0 Å². The molecule has 0 aliphatic heterocycles. The highest BCUT2D eigenvalue weighted by Crippen LogP contribution is 2.10. The van der Waals surface area contributed by atoms with Crippen LogP contribution in [-0.2, 0) is 9.53 Å². The van der Waals surface area contributed by atoms with E-state index in [1.165, 1.54) is 12.8 Å². The van der Waals surface area contributed by atoms with Gasteiger partial charge < -0.3 is 14.8 Å². The van der Waals surface area contributed by atoms with E-state index in [1.807, 2.05) is 20.8 Å². The molecule has 0 bridgehead atoms. The van der Waals surface area contributed by atoms with Gasteiger partial charge in [0.05, 0.1) is 0 Å². The largest absolute Gasteiger partial charge is 0.444 e. The third kappa shape index (κ3) is 10.1. The van der Waals surface area contributed by atoms with Crippen molar-refractivity contribution in [1.29, 1.82) is 0 Å². The molecule has 0 radical (unpaired) electrons. The molecule has 0 aliphatic carbocycles. The zero-order valence-corrected chi connectivity index (χ0v) is 12.1. The van der Waals surface area contributed by atoms with Crippen LogP contribution in [0.1, 0.15) is 66.2 Å². The van der Waals surface area contributed by atoms with Crippen LogP contribution >= 0.6 is 0 Å². The molecular weight excluding hydrogens is 230 g/mol. The SMILES string of the molecule is CCCCCC[C@H](CC=O)NC(=O)OC(C)(C)C. The van der Waals surface area contributed by atoms with Gasteiger partial charge in [0.1, 0.15) is 11.9 Å². The van der Waals surface area contributed by atoms with E-state index in [-0.39, 0.29) is 6.04 Å². The zero-order valence-electron chi connectivity index (χ0n) is 12.1. The van der Waals surface area contributed by atoms with E-state index < -0.39 is 11.7 Å². The topological polar surface area (TPSA) is 55.4 Å². The molecule has 1 atom stereocenters. The highest BCUT2D eigenvalue weighted by atomic mass is 16.6. The van der Waals surface area contributed by atoms with E-state index >= 15 is 0 Å². The summed E-state index contributed by atoms with van der Waals surface area (Å²) in [4.78, 5) is 22.2. The summed E-state index contributed by atoms with van der Waals surface area (Å²) in [6, 6.07) is -0.103. The molecule has 0 aliphatic rings. The smallest absolute Gasteiger partial charge is 0.407 e. The molecule has 106 valence electrons. The number of hydrogen-bond donors (Lipinski definition) is 1. The molecule has 4 nitrogen and oxygen atoms in total. The van der Waals surface area contributed by atoms with Crippen molar-refractivity contribution in [2.45, 2.75) is 77.9 Å². The van der Waals surface area contributed by atoms with E-state index in [0.717, 1.165) is 25.5 Å². The van der Waals surface area contributed by atoms with Crippen LogP contribution in [0.25, 0.3) is 0 Å². The van der Waals surface area contributed by atoms with Gasteiger partial charge in [0, 0.05) is 12.5 Å². The summed E-state index contributed by atoms with van der Waals surface area (Å²) in [6.45, 7) is 7.62. The fourth-order valence-corrected chi connectivity index (χ4v) is 1.66. The second-order valence-corrected chi connectivity index (χ2v) is 5.59. The molecule has 1 N–H and O–H groups in total. The third-order valence-electron chi connectivity index (χ3n) is 2.51. The number of ether oxygens (including phenoxy) is 1. The number of nitrogens with one attached hydrogen (secondary N) is 1. The molecule has 0 rings (SSSR count). The van der Waals surface area contributed by atoms with Gasteiger partial charge in [-0.25, -0.2) is 4.79 Å². The summed E-state index contributed by atoms with van der Waals surface area (Å²) in [5.74, 6) is 0. The molecule has 0 fully saturated rings. The minimum absolute atomic E-state index is 0.103. The van der Waals surface area contributed by atoms with Crippen molar-refractivity contribution in [2.75, 3.05) is 0 Å². The molecular formula is C14H27NO3. The first-order valence-electron chi connectivity index (χ1n) is 6.82. The maximum atomic E-state index is 11.6. The molecule has 0 unspecified atom stereocenters.